The number of likely N-dealkylation sites (tertiary alicyclic amines) is 1. The van der Waals surface area contributed by atoms with Crippen molar-refractivity contribution in [3.8, 4) is 11.1 Å². The van der Waals surface area contributed by atoms with E-state index in [9.17, 15) is 9.59 Å². The maximum atomic E-state index is 12.5. The molecular weight excluding hydrogens is 340 g/mol. The normalized spacial score (nSPS) is 16.2. The minimum absolute atomic E-state index is 0.100. The fourth-order valence-corrected chi connectivity index (χ4v) is 3.86. The topological polar surface area (TPSA) is 78.1 Å². The largest absolute Gasteiger partial charge is 0.353 e. The Morgan fingerprint density at radius 3 is 2.74 bits per heavy atom. The lowest BCUT2D eigenvalue weighted by molar-refractivity contribution is -0.132. The van der Waals surface area contributed by atoms with Gasteiger partial charge < -0.3 is 10.2 Å². The highest BCUT2D eigenvalue weighted by Gasteiger charge is 2.27. The lowest BCUT2D eigenvalue weighted by Gasteiger charge is -2.32. The number of nitrogens with one attached hydrogen (secondary N) is 2. The molecule has 144 valence electrons. The average Bonchev–Trinajstić information content (AvgIpc) is 3.11. The van der Waals surface area contributed by atoms with Gasteiger partial charge in [0.15, 0.2) is 0 Å². The van der Waals surface area contributed by atoms with E-state index in [4.69, 9.17) is 0 Å². The van der Waals surface area contributed by atoms with Crippen LogP contribution >= 0.6 is 0 Å². The van der Waals surface area contributed by atoms with Gasteiger partial charge in [0.05, 0.1) is 6.20 Å². The highest BCUT2D eigenvalue weighted by molar-refractivity contribution is 5.79. The minimum atomic E-state index is -0.131. The van der Waals surface area contributed by atoms with Crippen LogP contribution in [0.2, 0.25) is 0 Å². The molecule has 1 aliphatic heterocycles. The fourth-order valence-electron chi connectivity index (χ4n) is 3.86. The van der Waals surface area contributed by atoms with E-state index in [1.807, 2.05) is 18.0 Å². The molecule has 2 aromatic rings. The van der Waals surface area contributed by atoms with Gasteiger partial charge in [-0.05, 0) is 32.3 Å². The van der Waals surface area contributed by atoms with E-state index >= 15 is 0 Å². The van der Waals surface area contributed by atoms with Crippen LogP contribution in [0.1, 0.15) is 50.3 Å². The maximum absolute atomic E-state index is 12.5. The first-order chi connectivity index (χ1) is 12.9. The van der Waals surface area contributed by atoms with E-state index < -0.39 is 0 Å². The van der Waals surface area contributed by atoms with Crippen molar-refractivity contribution >= 4 is 11.8 Å². The van der Waals surface area contributed by atoms with Crippen molar-refractivity contribution in [3.05, 3.63) is 41.7 Å². The number of rotatable bonds is 5. The van der Waals surface area contributed by atoms with Crippen molar-refractivity contribution in [2.45, 2.75) is 52.0 Å². The molecule has 1 aromatic carbocycles. The van der Waals surface area contributed by atoms with Gasteiger partial charge in [0.25, 0.3) is 0 Å². The molecule has 0 aliphatic carbocycles. The number of piperidine rings is 1. The van der Waals surface area contributed by atoms with Crippen molar-refractivity contribution in [3.63, 3.8) is 0 Å². The number of aromatic amines is 1. The van der Waals surface area contributed by atoms with Crippen LogP contribution in [0.3, 0.4) is 0 Å². The Balaban J connectivity index is 1.61. The Hall–Kier alpha value is -2.63. The molecule has 1 saturated heterocycles. The van der Waals surface area contributed by atoms with E-state index in [0.717, 1.165) is 31.5 Å². The molecule has 27 heavy (non-hydrogen) atoms. The summed E-state index contributed by atoms with van der Waals surface area (Å²) in [6.07, 6.45) is 4.09. The van der Waals surface area contributed by atoms with Gasteiger partial charge in [0, 0.05) is 49.7 Å². The van der Waals surface area contributed by atoms with E-state index in [1.165, 1.54) is 23.7 Å². The zero-order chi connectivity index (χ0) is 19.4. The summed E-state index contributed by atoms with van der Waals surface area (Å²) in [5, 5.41) is 10.2. The van der Waals surface area contributed by atoms with Gasteiger partial charge in [-0.2, -0.15) is 5.10 Å². The smallest absolute Gasteiger partial charge is 0.224 e. The van der Waals surface area contributed by atoms with Crippen molar-refractivity contribution in [1.82, 2.24) is 20.4 Å². The Morgan fingerprint density at radius 2 is 2.07 bits per heavy atom. The van der Waals surface area contributed by atoms with Crippen LogP contribution in [0, 0.1) is 6.92 Å². The Bertz CT molecular complexity index is 806. The van der Waals surface area contributed by atoms with Gasteiger partial charge >= 0.3 is 0 Å². The molecule has 3 rings (SSSR count). The minimum Gasteiger partial charge on any atom is -0.353 e. The van der Waals surface area contributed by atoms with Crippen LogP contribution in [0.15, 0.2) is 30.5 Å². The molecule has 2 amide bonds. The number of hydrogen-bond acceptors (Lipinski definition) is 3. The lowest BCUT2D eigenvalue weighted by Crippen LogP contribution is -2.42. The number of amides is 2. The highest BCUT2D eigenvalue weighted by Crippen LogP contribution is 2.34. The average molecular weight is 368 g/mol. The lowest BCUT2D eigenvalue weighted by atomic mass is 9.89. The Morgan fingerprint density at radius 1 is 1.33 bits per heavy atom. The summed E-state index contributed by atoms with van der Waals surface area (Å²) in [5.41, 5.74) is 4.73. The molecule has 2 N–H and O–H groups in total. The van der Waals surface area contributed by atoms with E-state index in [-0.39, 0.29) is 17.9 Å². The van der Waals surface area contributed by atoms with E-state index in [2.05, 4.69) is 46.7 Å². The number of carbonyl (C=O) groups excluding carboxylic acids is 2. The number of carbonyl (C=O) groups is 2. The molecule has 6 nitrogen and oxygen atoms in total. The summed E-state index contributed by atoms with van der Waals surface area (Å²) in [5.74, 6) is 0.384. The number of aryl methyl sites for hydroxylation is 1. The molecule has 2 heterocycles. The third kappa shape index (κ3) is 4.76. The Labute approximate surface area is 160 Å². The van der Waals surface area contributed by atoms with Gasteiger partial charge in [0.1, 0.15) is 0 Å². The summed E-state index contributed by atoms with van der Waals surface area (Å²) in [6, 6.07) is 8.32. The van der Waals surface area contributed by atoms with E-state index in [0.29, 0.717) is 12.3 Å². The first-order valence-corrected chi connectivity index (χ1v) is 9.59. The van der Waals surface area contributed by atoms with Crippen LogP contribution in [0.4, 0.5) is 0 Å². The first kappa shape index (κ1) is 19.1. The molecule has 0 bridgehead atoms. The second kappa shape index (κ2) is 8.37. The molecule has 6 heteroatoms. The van der Waals surface area contributed by atoms with Crippen LogP contribution in [-0.2, 0) is 9.59 Å². The van der Waals surface area contributed by atoms with Crippen molar-refractivity contribution < 1.29 is 9.59 Å². The van der Waals surface area contributed by atoms with E-state index in [1.54, 1.807) is 0 Å². The molecule has 0 saturated carbocycles. The molecule has 1 aliphatic rings. The molecule has 0 spiro atoms. The van der Waals surface area contributed by atoms with Crippen molar-refractivity contribution in [2.75, 3.05) is 13.1 Å². The summed E-state index contributed by atoms with van der Waals surface area (Å²) in [6.45, 7) is 6.91. The SMILES string of the molecule is CC(=O)NC(C)CC(=O)N1CCC(c2[nH]ncc2-c2cccc(C)c2)CC1. The van der Waals surface area contributed by atoms with Gasteiger partial charge in [-0.25, -0.2) is 0 Å². The zero-order valence-corrected chi connectivity index (χ0v) is 16.3. The monoisotopic (exact) mass is 368 g/mol. The van der Waals surface area contributed by atoms with Crippen LogP contribution in [0.5, 0.6) is 0 Å². The number of aromatic nitrogens is 2. The molecule has 1 aromatic heterocycles. The summed E-state index contributed by atoms with van der Waals surface area (Å²) < 4.78 is 0. The quantitative estimate of drug-likeness (QED) is 0.852. The number of H-pyrrole nitrogens is 1. The predicted molar refractivity (Wildman–Crippen MR) is 105 cm³/mol. The van der Waals surface area contributed by atoms with Crippen LogP contribution in [0.25, 0.3) is 11.1 Å². The molecule has 1 fully saturated rings. The van der Waals surface area contributed by atoms with Gasteiger partial charge in [0.2, 0.25) is 11.8 Å². The maximum Gasteiger partial charge on any atom is 0.224 e. The predicted octanol–water partition coefficient (Wildman–Crippen LogP) is 3.01. The number of benzene rings is 1. The molecule has 1 atom stereocenters. The van der Waals surface area contributed by atoms with Gasteiger partial charge in [-0.3, -0.25) is 14.7 Å². The third-order valence-electron chi connectivity index (χ3n) is 5.18. The number of nitrogens with zero attached hydrogens (tertiary/aromatic N) is 2. The zero-order valence-electron chi connectivity index (χ0n) is 16.3. The molecule has 1 unspecified atom stereocenters. The number of hydrogen-bond donors (Lipinski definition) is 2. The first-order valence-electron chi connectivity index (χ1n) is 9.59. The van der Waals surface area contributed by atoms with Crippen molar-refractivity contribution in [1.29, 1.82) is 0 Å². The van der Waals surface area contributed by atoms with Crippen molar-refractivity contribution in [2.24, 2.45) is 0 Å². The third-order valence-corrected chi connectivity index (χ3v) is 5.18. The molecule has 0 radical (unpaired) electrons. The molecular formula is C21H28N4O2. The standard InChI is InChI=1S/C21H28N4O2/c1-14-5-4-6-18(11-14)19-13-22-24-21(19)17-7-9-25(10-8-17)20(27)12-15(2)23-16(3)26/h4-6,11,13,15,17H,7-10,12H2,1-3H3,(H,22,24)(H,23,26). The summed E-state index contributed by atoms with van der Waals surface area (Å²) in [7, 11) is 0. The van der Waals surface area contributed by atoms with Crippen LogP contribution < -0.4 is 5.32 Å². The summed E-state index contributed by atoms with van der Waals surface area (Å²) in [4.78, 5) is 25.5. The highest BCUT2D eigenvalue weighted by atomic mass is 16.2. The van der Waals surface area contributed by atoms with Crippen LogP contribution in [-0.4, -0.2) is 46.0 Å². The second-order valence-electron chi connectivity index (χ2n) is 7.53. The Kier molecular flexibility index (Phi) is 5.94. The summed E-state index contributed by atoms with van der Waals surface area (Å²) >= 11 is 0. The second-order valence-corrected chi connectivity index (χ2v) is 7.53. The van der Waals surface area contributed by atoms with Gasteiger partial charge in [-0.15, -0.1) is 0 Å². The fraction of sp³-hybridized carbons (Fsp3) is 0.476. The van der Waals surface area contributed by atoms with Gasteiger partial charge in [-0.1, -0.05) is 29.8 Å².